The van der Waals surface area contributed by atoms with Gasteiger partial charge in [-0.2, -0.15) is 0 Å². The Hall–Kier alpha value is -2.87. The molecule has 0 atom stereocenters. The van der Waals surface area contributed by atoms with Gasteiger partial charge >= 0.3 is 6.03 Å². The Labute approximate surface area is 169 Å². The summed E-state index contributed by atoms with van der Waals surface area (Å²) < 4.78 is 11.0. The summed E-state index contributed by atoms with van der Waals surface area (Å²) in [7, 11) is 1.54. The Balaban J connectivity index is 1.30. The van der Waals surface area contributed by atoms with Gasteiger partial charge in [-0.15, -0.1) is 0 Å². The van der Waals surface area contributed by atoms with Crippen LogP contribution in [0.1, 0.15) is 35.4 Å². The number of carbonyl (C=O) groups excluding carboxylic acids is 2. The molecule has 1 aromatic carbocycles. The minimum atomic E-state index is -0.710. The topological polar surface area (TPSA) is 87.9 Å². The molecule has 0 aliphatic carbocycles. The van der Waals surface area contributed by atoms with Crippen LogP contribution in [0.2, 0.25) is 0 Å². The van der Waals surface area contributed by atoms with Gasteiger partial charge in [0.05, 0.1) is 11.3 Å². The zero-order valence-corrected chi connectivity index (χ0v) is 17.0. The average molecular weight is 398 g/mol. The first kappa shape index (κ1) is 19.4. The lowest BCUT2D eigenvalue weighted by atomic mass is 9.87. The highest BCUT2D eigenvalue weighted by Gasteiger charge is 2.50. The van der Waals surface area contributed by atoms with Crippen LogP contribution < -0.4 is 10.1 Å². The lowest BCUT2D eigenvalue weighted by Crippen LogP contribution is -2.54. The summed E-state index contributed by atoms with van der Waals surface area (Å²) in [6.45, 7) is 6.56. The SMILES string of the molecule is Cc1noc(C)c1COc1ccc(CN2CCC3(CC2)NC(=O)N(C)C3=O)cc1. The second-order valence-corrected chi connectivity index (χ2v) is 7.89. The Morgan fingerprint density at radius 1 is 1.17 bits per heavy atom. The van der Waals surface area contributed by atoms with E-state index in [4.69, 9.17) is 9.26 Å². The summed E-state index contributed by atoms with van der Waals surface area (Å²) >= 11 is 0. The molecule has 2 aliphatic rings. The van der Waals surface area contributed by atoms with Crippen molar-refractivity contribution < 1.29 is 18.8 Å². The van der Waals surface area contributed by atoms with Gasteiger partial charge in [0.15, 0.2) is 0 Å². The Morgan fingerprint density at radius 2 is 1.86 bits per heavy atom. The Morgan fingerprint density at radius 3 is 2.41 bits per heavy atom. The molecular weight excluding hydrogens is 372 g/mol. The van der Waals surface area contributed by atoms with Gasteiger partial charge in [0.2, 0.25) is 0 Å². The molecule has 8 nitrogen and oxygen atoms in total. The van der Waals surface area contributed by atoms with Crippen LogP contribution in [0.4, 0.5) is 4.79 Å². The third kappa shape index (κ3) is 3.72. The number of urea groups is 1. The fraction of sp³-hybridized carbons (Fsp3) is 0.476. The van der Waals surface area contributed by atoms with Gasteiger partial charge < -0.3 is 14.6 Å². The van der Waals surface area contributed by atoms with Crippen molar-refractivity contribution in [2.24, 2.45) is 0 Å². The van der Waals surface area contributed by atoms with Crippen molar-refractivity contribution in [3.63, 3.8) is 0 Å². The number of hydrogen-bond acceptors (Lipinski definition) is 6. The highest BCUT2D eigenvalue weighted by atomic mass is 16.5. The van der Waals surface area contributed by atoms with E-state index in [0.29, 0.717) is 19.4 Å². The molecule has 8 heteroatoms. The van der Waals surface area contributed by atoms with E-state index in [1.807, 2.05) is 26.0 Å². The summed E-state index contributed by atoms with van der Waals surface area (Å²) in [6, 6.07) is 7.76. The van der Waals surface area contributed by atoms with Crippen molar-refractivity contribution in [3.05, 3.63) is 46.8 Å². The minimum absolute atomic E-state index is 0.109. The number of nitrogens with zero attached hydrogens (tertiary/aromatic N) is 3. The summed E-state index contributed by atoms with van der Waals surface area (Å²) in [4.78, 5) is 27.7. The van der Waals surface area contributed by atoms with E-state index in [0.717, 1.165) is 42.4 Å². The first-order valence-corrected chi connectivity index (χ1v) is 9.84. The monoisotopic (exact) mass is 398 g/mol. The number of aryl methyl sites for hydroxylation is 2. The van der Waals surface area contributed by atoms with Crippen molar-refractivity contribution in [2.45, 2.75) is 45.4 Å². The zero-order chi connectivity index (χ0) is 20.6. The van der Waals surface area contributed by atoms with E-state index < -0.39 is 5.54 Å². The maximum absolute atomic E-state index is 12.4. The van der Waals surface area contributed by atoms with Crippen molar-refractivity contribution in [1.29, 1.82) is 0 Å². The molecular formula is C21H26N4O4. The van der Waals surface area contributed by atoms with Gasteiger partial charge in [-0.1, -0.05) is 17.3 Å². The molecule has 2 saturated heterocycles. The van der Waals surface area contributed by atoms with E-state index in [2.05, 4.69) is 27.5 Å². The van der Waals surface area contributed by atoms with Gasteiger partial charge in [0.25, 0.3) is 5.91 Å². The lowest BCUT2D eigenvalue weighted by Gasteiger charge is -2.37. The van der Waals surface area contributed by atoms with Crippen LogP contribution >= 0.6 is 0 Å². The number of benzene rings is 1. The van der Waals surface area contributed by atoms with E-state index in [-0.39, 0.29) is 11.9 Å². The zero-order valence-electron chi connectivity index (χ0n) is 17.0. The number of nitrogens with one attached hydrogen (secondary N) is 1. The van der Waals surface area contributed by atoms with Crippen LogP contribution in [0.3, 0.4) is 0 Å². The Kier molecular flexibility index (Phi) is 5.04. The predicted molar refractivity (Wildman–Crippen MR) is 105 cm³/mol. The molecule has 1 N–H and O–H groups in total. The smallest absolute Gasteiger partial charge is 0.324 e. The molecule has 0 bridgehead atoms. The number of amides is 3. The summed E-state index contributed by atoms with van der Waals surface area (Å²) in [5.41, 5.74) is 2.31. The maximum atomic E-state index is 12.4. The predicted octanol–water partition coefficient (Wildman–Crippen LogP) is 2.39. The molecule has 0 radical (unpaired) electrons. The van der Waals surface area contributed by atoms with Crippen molar-refractivity contribution in [3.8, 4) is 5.75 Å². The first-order chi connectivity index (χ1) is 13.9. The molecule has 0 unspecified atom stereocenters. The van der Waals surface area contributed by atoms with E-state index in [1.165, 1.54) is 17.5 Å². The van der Waals surface area contributed by atoms with Gasteiger partial charge in [-0.05, 0) is 44.4 Å². The molecule has 154 valence electrons. The summed E-state index contributed by atoms with van der Waals surface area (Å²) in [5, 5.41) is 6.82. The molecule has 0 saturated carbocycles. The summed E-state index contributed by atoms with van der Waals surface area (Å²) in [6.07, 6.45) is 1.28. The minimum Gasteiger partial charge on any atom is -0.489 e. The van der Waals surface area contributed by atoms with Crippen LogP contribution in [-0.4, -0.2) is 52.6 Å². The molecule has 2 aliphatic heterocycles. The standard InChI is InChI=1S/C21H26N4O4/c1-14-18(15(2)29-23-14)13-28-17-6-4-16(5-7-17)12-25-10-8-21(9-11-25)19(26)24(3)20(27)22-21/h4-7H,8-13H2,1-3H3,(H,22,27). The number of rotatable bonds is 5. The lowest BCUT2D eigenvalue weighted by molar-refractivity contribution is -0.132. The highest BCUT2D eigenvalue weighted by molar-refractivity contribution is 6.06. The number of likely N-dealkylation sites (N-methyl/N-ethyl adjacent to an activating group) is 1. The van der Waals surface area contributed by atoms with Crippen LogP contribution in [0, 0.1) is 13.8 Å². The maximum Gasteiger partial charge on any atom is 0.324 e. The van der Waals surface area contributed by atoms with Crippen LogP contribution in [0.25, 0.3) is 0 Å². The van der Waals surface area contributed by atoms with E-state index >= 15 is 0 Å². The number of ether oxygens (including phenoxy) is 1. The number of piperidine rings is 1. The fourth-order valence-corrected chi connectivity index (χ4v) is 4.00. The van der Waals surface area contributed by atoms with Gasteiger partial charge in [-0.3, -0.25) is 14.6 Å². The second kappa shape index (κ2) is 7.51. The van der Waals surface area contributed by atoms with Crippen LogP contribution in [-0.2, 0) is 17.9 Å². The highest BCUT2D eigenvalue weighted by Crippen LogP contribution is 2.29. The van der Waals surface area contributed by atoms with Gasteiger partial charge in [0.1, 0.15) is 23.7 Å². The van der Waals surface area contributed by atoms with Crippen molar-refractivity contribution in [2.75, 3.05) is 20.1 Å². The quantitative estimate of drug-likeness (QED) is 0.778. The molecule has 1 spiro atoms. The number of likely N-dealkylation sites (tertiary alicyclic amines) is 1. The average Bonchev–Trinajstić information content (AvgIpc) is 3.14. The first-order valence-electron chi connectivity index (χ1n) is 9.84. The number of aromatic nitrogens is 1. The van der Waals surface area contributed by atoms with Crippen LogP contribution in [0.5, 0.6) is 5.75 Å². The Bertz CT molecular complexity index is 894. The number of imide groups is 1. The van der Waals surface area contributed by atoms with E-state index in [9.17, 15) is 9.59 Å². The molecule has 29 heavy (non-hydrogen) atoms. The number of hydrogen-bond donors (Lipinski definition) is 1. The molecule has 3 amide bonds. The third-order valence-electron chi connectivity index (χ3n) is 5.97. The molecule has 3 heterocycles. The fourth-order valence-electron chi connectivity index (χ4n) is 4.00. The largest absolute Gasteiger partial charge is 0.489 e. The van der Waals surface area contributed by atoms with Gasteiger partial charge in [0, 0.05) is 26.7 Å². The molecule has 1 aromatic heterocycles. The molecule has 2 aromatic rings. The summed E-state index contributed by atoms with van der Waals surface area (Å²) in [5.74, 6) is 1.47. The molecule has 4 rings (SSSR count). The molecule has 2 fully saturated rings. The van der Waals surface area contributed by atoms with E-state index in [1.54, 1.807) is 0 Å². The second-order valence-electron chi connectivity index (χ2n) is 7.89. The number of carbonyl (C=O) groups is 2. The van der Waals surface area contributed by atoms with Crippen molar-refractivity contribution >= 4 is 11.9 Å². The normalized spacial score (nSPS) is 19.1. The van der Waals surface area contributed by atoms with Crippen molar-refractivity contribution in [1.82, 2.24) is 20.3 Å². The third-order valence-corrected chi connectivity index (χ3v) is 5.97. The van der Waals surface area contributed by atoms with Gasteiger partial charge in [-0.25, -0.2) is 4.79 Å². The van der Waals surface area contributed by atoms with Crippen LogP contribution in [0.15, 0.2) is 28.8 Å².